The van der Waals surface area contributed by atoms with Crippen LogP contribution in [0.5, 0.6) is 11.5 Å². The zero-order chi connectivity index (χ0) is 24.9. The van der Waals surface area contributed by atoms with Crippen LogP contribution in [0.1, 0.15) is 28.3 Å². The fraction of sp³-hybridized carbons (Fsp3) is 0.214. The van der Waals surface area contributed by atoms with Gasteiger partial charge in [0.15, 0.2) is 0 Å². The second kappa shape index (κ2) is 10.4. The van der Waals surface area contributed by atoms with E-state index in [9.17, 15) is 19.8 Å². The highest BCUT2D eigenvalue weighted by Crippen LogP contribution is 2.40. The Bertz CT molecular complexity index is 1250. The highest BCUT2D eigenvalue weighted by atomic mass is 16.5. The lowest BCUT2D eigenvalue weighted by atomic mass is 9.94. The number of Topliss-reactive ketones (excluding diaryl/α,β-unsaturated/α-hetero) is 1. The first kappa shape index (κ1) is 24.0. The van der Waals surface area contributed by atoms with Gasteiger partial charge in [-0.2, -0.15) is 0 Å². The maximum atomic E-state index is 13.1. The minimum atomic E-state index is -0.806. The van der Waals surface area contributed by atoms with Gasteiger partial charge >= 0.3 is 0 Å². The van der Waals surface area contributed by atoms with Crippen molar-refractivity contribution in [1.82, 2.24) is 4.90 Å². The summed E-state index contributed by atoms with van der Waals surface area (Å²) in [5.74, 6) is -1.04. The molecule has 1 fully saturated rings. The average molecular weight is 474 g/mol. The summed E-state index contributed by atoms with van der Waals surface area (Å²) >= 11 is 0. The first-order chi connectivity index (χ1) is 16.9. The van der Waals surface area contributed by atoms with Crippen molar-refractivity contribution in [3.05, 3.63) is 101 Å². The first-order valence-corrected chi connectivity index (χ1v) is 11.2. The fourth-order valence-corrected chi connectivity index (χ4v) is 4.18. The van der Waals surface area contributed by atoms with Gasteiger partial charge in [-0.1, -0.05) is 42.5 Å². The molecule has 1 amide bonds. The summed E-state index contributed by atoms with van der Waals surface area (Å²) < 4.78 is 11.0. The molecule has 0 radical (unpaired) electrons. The number of phenols is 1. The zero-order valence-electron chi connectivity index (χ0n) is 19.6. The molecule has 0 spiro atoms. The molecule has 0 saturated carbocycles. The smallest absolute Gasteiger partial charge is 0.295 e. The highest BCUT2D eigenvalue weighted by Gasteiger charge is 2.46. The van der Waals surface area contributed by atoms with Crippen LogP contribution in [0.25, 0.3) is 5.76 Å². The van der Waals surface area contributed by atoms with E-state index in [4.69, 9.17) is 9.47 Å². The number of aliphatic hydroxyl groups excluding tert-OH is 1. The van der Waals surface area contributed by atoms with Gasteiger partial charge in [0.2, 0.25) is 0 Å². The quantitative estimate of drug-likeness (QED) is 0.287. The predicted molar refractivity (Wildman–Crippen MR) is 131 cm³/mol. The number of hydrogen-bond donors (Lipinski definition) is 2. The average Bonchev–Trinajstić information content (AvgIpc) is 3.12. The lowest BCUT2D eigenvalue weighted by Crippen LogP contribution is -2.32. The predicted octanol–water partition coefficient (Wildman–Crippen LogP) is 4.35. The lowest BCUT2D eigenvalue weighted by molar-refractivity contribution is -0.140. The monoisotopic (exact) mass is 473 g/mol. The number of phenolic OH excluding ortho intramolecular Hbond substituents is 1. The molecule has 3 aromatic carbocycles. The molecule has 4 rings (SSSR count). The van der Waals surface area contributed by atoms with Crippen LogP contribution in [0.3, 0.4) is 0 Å². The minimum Gasteiger partial charge on any atom is -0.508 e. The van der Waals surface area contributed by atoms with Crippen molar-refractivity contribution in [3.63, 3.8) is 0 Å². The Morgan fingerprint density at radius 1 is 1.00 bits per heavy atom. The number of aliphatic hydroxyl groups is 1. The maximum Gasteiger partial charge on any atom is 0.295 e. The summed E-state index contributed by atoms with van der Waals surface area (Å²) in [6, 6.07) is 20.4. The van der Waals surface area contributed by atoms with E-state index in [1.165, 1.54) is 24.1 Å². The molecule has 7 heteroatoms. The Morgan fingerprint density at radius 2 is 1.71 bits per heavy atom. The van der Waals surface area contributed by atoms with E-state index in [1.807, 2.05) is 30.3 Å². The van der Waals surface area contributed by atoms with Crippen molar-refractivity contribution in [2.45, 2.75) is 19.6 Å². The third-order valence-electron chi connectivity index (χ3n) is 5.99. The SMILES string of the molecule is COCCN1C(=O)C(=O)C(=C(O)c2ccc(OCc3ccccc3)cc2C)C1c1ccc(O)cc1. The Morgan fingerprint density at radius 3 is 2.37 bits per heavy atom. The number of aryl methyl sites for hydroxylation is 1. The number of ketones is 1. The van der Waals surface area contributed by atoms with Crippen LogP contribution in [0, 0.1) is 6.92 Å². The van der Waals surface area contributed by atoms with Crippen LogP contribution in [-0.4, -0.2) is 47.1 Å². The number of likely N-dealkylation sites (tertiary alicyclic amines) is 1. The topological polar surface area (TPSA) is 96.3 Å². The van der Waals surface area contributed by atoms with Crippen LogP contribution in [0.2, 0.25) is 0 Å². The maximum absolute atomic E-state index is 13.1. The van der Waals surface area contributed by atoms with Gasteiger partial charge in [0.05, 0.1) is 18.2 Å². The van der Waals surface area contributed by atoms with E-state index in [0.717, 1.165) is 5.56 Å². The largest absolute Gasteiger partial charge is 0.508 e. The third kappa shape index (κ3) is 5.05. The third-order valence-corrected chi connectivity index (χ3v) is 5.99. The molecule has 3 aromatic rings. The molecule has 7 nitrogen and oxygen atoms in total. The summed E-state index contributed by atoms with van der Waals surface area (Å²) in [4.78, 5) is 27.3. The molecule has 180 valence electrons. The molecule has 0 bridgehead atoms. The van der Waals surface area contributed by atoms with Gasteiger partial charge in [-0.05, 0) is 53.9 Å². The summed E-state index contributed by atoms with van der Waals surface area (Å²) in [7, 11) is 1.51. The van der Waals surface area contributed by atoms with Crippen molar-refractivity contribution in [2.75, 3.05) is 20.3 Å². The molecule has 0 aliphatic carbocycles. The van der Waals surface area contributed by atoms with Gasteiger partial charge in [-0.15, -0.1) is 0 Å². The summed E-state index contributed by atoms with van der Waals surface area (Å²) in [6.07, 6.45) is 0. The normalized spacial score (nSPS) is 17.1. The molecule has 1 aliphatic heterocycles. The molecule has 1 heterocycles. The number of hydrogen-bond acceptors (Lipinski definition) is 6. The van der Waals surface area contributed by atoms with Crippen molar-refractivity contribution in [3.8, 4) is 11.5 Å². The van der Waals surface area contributed by atoms with Crippen molar-refractivity contribution in [1.29, 1.82) is 0 Å². The number of amides is 1. The standard InChI is InChI=1S/C28H27NO6/c1-18-16-22(35-17-19-6-4-3-5-7-19)12-13-23(18)26(31)24-25(20-8-10-21(30)11-9-20)29(14-15-34-2)28(33)27(24)32/h3-13,16,25,30-31H,14-15,17H2,1-2H3. The molecule has 1 saturated heterocycles. The van der Waals surface area contributed by atoms with Crippen molar-refractivity contribution in [2.24, 2.45) is 0 Å². The molecule has 1 unspecified atom stereocenters. The molecule has 35 heavy (non-hydrogen) atoms. The van der Waals surface area contributed by atoms with Gasteiger partial charge < -0.3 is 24.6 Å². The Balaban J connectivity index is 1.70. The second-order valence-corrected chi connectivity index (χ2v) is 8.33. The first-order valence-electron chi connectivity index (χ1n) is 11.2. The Kier molecular flexibility index (Phi) is 7.17. The van der Waals surface area contributed by atoms with Crippen LogP contribution in [0.15, 0.2) is 78.4 Å². The number of benzene rings is 3. The van der Waals surface area contributed by atoms with Crippen molar-refractivity contribution < 1.29 is 29.3 Å². The van der Waals surface area contributed by atoms with E-state index in [-0.39, 0.29) is 30.2 Å². The van der Waals surface area contributed by atoms with Gasteiger partial charge in [-0.25, -0.2) is 0 Å². The fourth-order valence-electron chi connectivity index (χ4n) is 4.18. The van der Waals surface area contributed by atoms with E-state index < -0.39 is 17.7 Å². The summed E-state index contributed by atoms with van der Waals surface area (Å²) in [5.41, 5.74) is 2.76. The van der Waals surface area contributed by atoms with E-state index in [2.05, 4.69) is 0 Å². The lowest BCUT2D eigenvalue weighted by Gasteiger charge is -2.25. The van der Waals surface area contributed by atoms with Gasteiger partial charge in [0.1, 0.15) is 23.9 Å². The molecular formula is C28H27NO6. The Labute approximate surface area is 203 Å². The second-order valence-electron chi connectivity index (χ2n) is 8.33. The van der Waals surface area contributed by atoms with E-state index in [1.54, 1.807) is 37.3 Å². The van der Waals surface area contributed by atoms with Crippen LogP contribution < -0.4 is 4.74 Å². The number of aromatic hydroxyl groups is 1. The molecule has 1 aliphatic rings. The molecule has 2 N–H and O–H groups in total. The summed E-state index contributed by atoms with van der Waals surface area (Å²) in [6.45, 7) is 2.61. The number of methoxy groups -OCH3 is 1. The van der Waals surface area contributed by atoms with Gasteiger partial charge in [0, 0.05) is 19.2 Å². The number of nitrogens with zero attached hydrogens (tertiary/aromatic N) is 1. The van der Waals surface area contributed by atoms with E-state index in [0.29, 0.717) is 29.0 Å². The van der Waals surface area contributed by atoms with E-state index >= 15 is 0 Å². The minimum absolute atomic E-state index is 0.00199. The number of carbonyl (C=O) groups excluding carboxylic acids is 2. The molecule has 0 aromatic heterocycles. The number of carbonyl (C=O) groups is 2. The number of rotatable bonds is 8. The van der Waals surface area contributed by atoms with Crippen LogP contribution in [0.4, 0.5) is 0 Å². The van der Waals surface area contributed by atoms with Gasteiger partial charge in [-0.3, -0.25) is 9.59 Å². The molecular weight excluding hydrogens is 446 g/mol. The number of ether oxygens (including phenoxy) is 2. The van der Waals surface area contributed by atoms with Crippen LogP contribution >= 0.6 is 0 Å². The van der Waals surface area contributed by atoms with Crippen LogP contribution in [-0.2, 0) is 20.9 Å². The Hall–Kier alpha value is -4.10. The highest BCUT2D eigenvalue weighted by molar-refractivity contribution is 6.46. The van der Waals surface area contributed by atoms with Gasteiger partial charge in [0.25, 0.3) is 11.7 Å². The van der Waals surface area contributed by atoms with Crippen molar-refractivity contribution >= 4 is 17.4 Å². The summed E-state index contributed by atoms with van der Waals surface area (Å²) in [5, 5.41) is 21.0. The molecule has 1 atom stereocenters. The zero-order valence-corrected chi connectivity index (χ0v) is 19.6.